The lowest BCUT2D eigenvalue weighted by Crippen LogP contribution is -2.45. The van der Waals surface area contributed by atoms with Crippen LogP contribution in [0.4, 0.5) is 0 Å². The van der Waals surface area contributed by atoms with E-state index < -0.39 is 12.0 Å². The molecule has 1 aromatic carbocycles. The molecule has 1 aromatic rings. The maximum atomic E-state index is 11.5. The van der Waals surface area contributed by atoms with Crippen LogP contribution in [-0.4, -0.2) is 39.6 Å². The molecule has 20 heavy (non-hydrogen) atoms. The first-order valence-corrected chi connectivity index (χ1v) is 8.10. The minimum atomic E-state index is -1.03. The van der Waals surface area contributed by atoms with E-state index in [2.05, 4.69) is 0 Å². The second-order valence-corrected chi connectivity index (χ2v) is 6.60. The molecule has 1 rings (SSSR count). The van der Waals surface area contributed by atoms with Gasteiger partial charge in [0, 0.05) is 19.9 Å². The molecule has 2 N–H and O–H groups in total. The molecule has 0 spiro atoms. The second-order valence-electron chi connectivity index (χ2n) is 4.27. The number of carboxylic acid groups (broad SMARTS) is 1. The van der Waals surface area contributed by atoms with E-state index in [0.29, 0.717) is 13.7 Å². The summed E-state index contributed by atoms with van der Waals surface area (Å²) in [6.45, 7) is 3.46. The first-order chi connectivity index (χ1) is 9.27. The third-order valence-electron chi connectivity index (χ3n) is 2.91. The van der Waals surface area contributed by atoms with E-state index >= 15 is 0 Å². The molecule has 7 heteroatoms. The lowest BCUT2D eigenvalue weighted by atomic mass is 10.0. The highest BCUT2D eigenvalue weighted by Gasteiger charge is 2.27. The molecule has 0 aliphatic carbocycles. The van der Waals surface area contributed by atoms with Gasteiger partial charge in [0.1, 0.15) is 11.8 Å². The van der Waals surface area contributed by atoms with Gasteiger partial charge >= 0.3 is 5.97 Å². The van der Waals surface area contributed by atoms with Crippen LogP contribution in [0.2, 0.25) is 0 Å². The molecule has 0 heterocycles. The maximum Gasteiger partial charge on any atom is 0.326 e. The number of carbonyl (C=O) groups is 2. The highest BCUT2D eigenvalue weighted by Crippen LogP contribution is 2.28. The van der Waals surface area contributed by atoms with E-state index in [1.54, 1.807) is 19.1 Å². The minimum absolute atomic E-state index is 0.195. The smallest absolute Gasteiger partial charge is 0.326 e. The van der Waals surface area contributed by atoms with Gasteiger partial charge < -0.3 is 15.1 Å². The summed E-state index contributed by atoms with van der Waals surface area (Å²) >= 11 is 3.99. The van der Waals surface area contributed by atoms with Crippen LogP contribution in [-0.2, 0) is 16.0 Å². The molecule has 1 unspecified atom stereocenters. The average Bonchev–Trinajstić information content (AvgIpc) is 2.34. The Labute approximate surface area is 144 Å². The van der Waals surface area contributed by atoms with Crippen LogP contribution in [0.25, 0.3) is 0 Å². The second kappa shape index (κ2) is 7.43. The fourth-order valence-corrected chi connectivity index (χ4v) is 3.85. The molecule has 1 atom stereocenters. The molecule has 0 fully saturated rings. The molecule has 0 aliphatic heterocycles. The highest BCUT2D eigenvalue weighted by molar-refractivity contribution is 14.1. The van der Waals surface area contributed by atoms with Gasteiger partial charge in [0.15, 0.2) is 0 Å². The number of carboxylic acids is 1. The number of aromatic hydroxyl groups is 1. The van der Waals surface area contributed by atoms with Crippen molar-refractivity contribution in [3.8, 4) is 5.75 Å². The van der Waals surface area contributed by atoms with Gasteiger partial charge in [-0.1, -0.05) is 0 Å². The predicted octanol–water partition coefficient (Wildman–Crippen LogP) is 2.47. The number of carbonyl (C=O) groups excluding carboxylic acids is 1. The SMILES string of the molecule is CCN(C(C)=O)C(Cc1cc(I)c(O)c(I)c1)C(=O)O. The fraction of sp³-hybridized carbons (Fsp3) is 0.385. The number of rotatable bonds is 5. The van der Waals surface area contributed by atoms with Gasteiger partial charge in [-0.05, 0) is 69.8 Å². The number of amides is 1. The van der Waals surface area contributed by atoms with Crippen LogP contribution in [0.3, 0.4) is 0 Å². The van der Waals surface area contributed by atoms with Gasteiger partial charge in [0.2, 0.25) is 5.91 Å². The van der Waals surface area contributed by atoms with E-state index in [-0.39, 0.29) is 18.1 Å². The van der Waals surface area contributed by atoms with E-state index in [4.69, 9.17) is 0 Å². The van der Waals surface area contributed by atoms with Crippen LogP contribution < -0.4 is 0 Å². The summed E-state index contributed by atoms with van der Waals surface area (Å²) < 4.78 is 1.33. The molecule has 0 aromatic heterocycles. The summed E-state index contributed by atoms with van der Waals surface area (Å²) in [6.07, 6.45) is 0.217. The molecule has 0 aliphatic rings. The molecule has 0 saturated heterocycles. The number of aliphatic carboxylic acids is 1. The van der Waals surface area contributed by atoms with Crippen molar-refractivity contribution < 1.29 is 19.8 Å². The number of hydrogen-bond donors (Lipinski definition) is 2. The summed E-state index contributed by atoms with van der Waals surface area (Å²) in [5.41, 5.74) is 0.781. The minimum Gasteiger partial charge on any atom is -0.506 e. The van der Waals surface area contributed by atoms with Crippen molar-refractivity contribution in [2.45, 2.75) is 26.3 Å². The molecule has 1 amide bonds. The lowest BCUT2D eigenvalue weighted by Gasteiger charge is -2.26. The Bertz CT molecular complexity index is 510. The van der Waals surface area contributed by atoms with Gasteiger partial charge in [-0.3, -0.25) is 4.79 Å². The van der Waals surface area contributed by atoms with Gasteiger partial charge in [-0.25, -0.2) is 4.79 Å². The lowest BCUT2D eigenvalue weighted by molar-refractivity contribution is -0.149. The summed E-state index contributed by atoms with van der Waals surface area (Å²) in [5, 5.41) is 19.1. The Kier molecular flexibility index (Phi) is 6.49. The number of phenolic OH excluding ortho intramolecular Hbond substituents is 1. The third kappa shape index (κ3) is 4.21. The summed E-state index contributed by atoms with van der Waals surface area (Å²) in [6, 6.07) is 2.58. The van der Waals surface area contributed by atoms with Crippen LogP contribution >= 0.6 is 45.2 Å². The maximum absolute atomic E-state index is 11.5. The molecule has 0 saturated carbocycles. The van der Waals surface area contributed by atoms with E-state index in [1.165, 1.54) is 11.8 Å². The first kappa shape index (κ1) is 17.5. The molecule has 0 bridgehead atoms. The molecular weight excluding hydrogens is 488 g/mol. The standard InChI is InChI=1S/C13H15I2NO4/c1-3-16(7(2)17)11(13(19)20)6-8-4-9(14)12(18)10(15)5-8/h4-5,11,18H,3,6H2,1-2H3,(H,19,20). The molecular formula is C13H15I2NO4. The zero-order valence-corrected chi connectivity index (χ0v) is 15.4. The van der Waals surface area contributed by atoms with Crippen LogP contribution in [0.15, 0.2) is 12.1 Å². The van der Waals surface area contributed by atoms with Crippen LogP contribution in [0.5, 0.6) is 5.75 Å². The number of likely N-dealkylation sites (N-methyl/N-ethyl adjacent to an activating group) is 1. The van der Waals surface area contributed by atoms with E-state index in [1.807, 2.05) is 45.2 Å². The Morgan fingerprint density at radius 1 is 1.30 bits per heavy atom. The number of nitrogens with zero attached hydrogens (tertiary/aromatic N) is 1. The summed E-state index contributed by atoms with van der Waals surface area (Å²) in [7, 11) is 0. The Morgan fingerprint density at radius 2 is 1.80 bits per heavy atom. The monoisotopic (exact) mass is 503 g/mol. The molecule has 5 nitrogen and oxygen atoms in total. The summed E-state index contributed by atoms with van der Waals surface area (Å²) in [5.74, 6) is -1.09. The molecule has 0 radical (unpaired) electrons. The number of phenols is 1. The van der Waals surface area contributed by atoms with Crippen molar-refractivity contribution in [1.29, 1.82) is 0 Å². The zero-order chi connectivity index (χ0) is 15.4. The van der Waals surface area contributed by atoms with E-state index in [0.717, 1.165) is 5.56 Å². The normalized spacial score (nSPS) is 12.0. The van der Waals surface area contributed by atoms with Gasteiger partial charge in [-0.2, -0.15) is 0 Å². The van der Waals surface area contributed by atoms with E-state index in [9.17, 15) is 19.8 Å². The van der Waals surface area contributed by atoms with Crippen molar-refractivity contribution >= 4 is 57.1 Å². The number of halogens is 2. The summed E-state index contributed by atoms with van der Waals surface area (Å²) in [4.78, 5) is 24.2. The van der Waals surface area contributed by atoms with Gasteiger partial charge in [-0.15, -0.1) is 0 Å². The Balaban J connectivity index is 3.08. The van der Waals surface area contributed by atoms with Crippen molar-refractivity contribution in [1.82, 2.24) is 4.90 Å². The highest BCUT2D eigenvalue weighted by atomic mass is 127. The average molecular weight is 503 g/mol. The van der Waals surface area contributed by atoms with Crippen molar-refractivity contribution in [3.63, 3.8) is 0 Å². The first-order valence-electron chi connectivity index (χ1n) is 5.94. The largest absolute Gasteiger partial charge is 0.506 e. The Hall–Kier alpha value is -0.580. The van der Waals surface area contributed by atoms with Crippen LogP contribution in [0, 0.1) is 7.14 Å². The fourth-order valence-electron chi connectivity index (χ4n) is 1.95. The van der Waals surface area contributed by atoms with Crippen molar-refractivity contribution in [3.05, 3.63) is 24.8 Å². The number of benzene rings is 1. The Morgan fingerprint density at radius 3 is 2.15 bits per heavy atom. The zero-order valence-electron chi connectivity index (χ0n) is 11.1. The topological polar surface area (TPSA) is 77.8 Å². The molecule has 110 valence electrons. The van der Waals surface area contributed by atoms with Gasteiger partial charge in [0.25, 0.3) is 0 Å². The third-order valence-corrected chi connectivity index (χ3v) is 4.56. The van der Waals surface area contributed by atoms with Crippen molar-refractivity contribution in [2.24, 2.45) is 0 Å². The van der Waals surface area contributed by atoms with Crippen LogP contribution in [0.1, 0.15) is 19.4 Å². The van der Waals surface area contributed by atoms with Gasteiger partial charge in [0.05, 0.1) is 7.14 Å². The quantitative estimate of drug-likeness (QED) is 0.606. The van der Waals surface area contributed by atoms with Crippen molar-refractivity contribution in [2.75, 3.05) is 6.54 Å². The number of hydrogen-bond acceptors (Lipinski definition) is 3. The predicted molar refractivity (Wildman–Crippen MR) is 91.7 cm³/mol.